The van der Waals surface area contributed by atoms with E-state index < -0.39 is 0 Å². The van der Waals surface area contributed by atoms with Gasteiger partial charge in [-0.3, -0.25) is 0 Å². The predicted octanol–water partition coefficient (Wildman–Crippen LogP) is 2.55. The average molecular weight is 155 g/mol. The molecule has 2 N–H and O–H groups in total. The number of rotatable bonds is 4. The van der Waals surface area contributed by atoms with Crippen LogP contribution in [0.25, 0.3) is 0 Å². The summed E-state index contributed by atoms with van der Waals surface area (Å²) in [6.45, 7) is 3.13. The fourth-order valence-electron chi connectivity index (χ4n) is 1.94. The van der Waals surface area contributed by atoms with E-state index in [9.17, 15) is 0 Å². The molecule has 1 atom stereocenters. The molecule has 0 spiro atoms. The van der Waals surface area contributed by atoms with Gasteiger partial charge in [-0.05, 0) is 24.8 Å². The Bertz CT molecular complexity index is 95.0. The molecule has 11 heavy (non-hydrogen) atoms. The molecule has 0 aromatic rings. The van der Waals surface area contributed by atoms with Crippen LogP contribution in [0.1, 0.15) is 45.4 Å². The summed E-state index contributed by atoms with van der Waals surface area (Å²) in [5.74, 6) is 1.79. The molecular formula is C10H21N. The molecule has 0 radical (unpaired) electrons. The van der Waals surface area contributed by atoms with E-state index in [1.165, 1.54) is 38.5 Å². The van der Waals surface area contributed by atoms with Crippen LogP contribution >= 0.6 is 0 Å². The van der Waals surface area contributed by atoms with Gasteiger partial charge < -0.3 is 5.73 Å². The van der Waals surface area contributed by atoms with E-state index in [0.29, 0.717) is 0 Å². The Morgan fingerprint density at radius 3 is 2.55 bits per heavy atom. The standard InChI is InChI=1S/C10H21N/c1-9(8-11)6-7-10-4-2-3-5-10/h9-10H,2-8,11H2,1H3. The maximum absolute atomic E-state index is 5.56. The van der Waals surface area contributed by atoms with E-state index in [2.05, 4.69) is 6.92 Å². The molecule has 0 aliphatic heterocycles. The first-order chi connectivity index (χ1) is 5.33. The van der Waals surface area contributed by atoms with Crippen LogP contribution in [0.2, 0.25) is 0 Å². The van der Waals surface area contributed by atoms with Gasteiger partial charge in [-0.2, -0.15) is 0 Å². The minimum atomic E-state index is 0.746. The topological polar surface area (TPSA) is 26.0 Å². The van der Waals surface area contributed by atoms with Crippen molar-refractivity contribution in [2.24, 2.45) is 17.6 Å². The first-order valence-electron chi connectivity index (χ1n) is 5.03. The van der Waals surface area contributed by atoms with Crippen LogP contribution in [0.3, 0.4) is 0 Å². The third kappa shape index (κ3) is 3.24. The van der Waals surface area contributed by atoms with E-state index in [4.69, 9.17) is 5.73 Å². The SMILES string of the molecule is CC(CN)CCC1CCCC1. The molecule has 1 fully saturated rings. The minimum absolute atomic E-state index is 0.746. The zero-order chi connectivity index (χ0) is 8.10. The largest absolute Gasteiger partial charge is 0.330 e. The normalized spacial score (nSPS) is 22.4. The number of nitrogens with two attached hydrogens (primary N) is 1. The van der Waals surface area contributed by atoms with Crippen molar-refractivity contribution in [1.82, 2.24) is 0 Å². The van der Waals surface area contributed by atoms with Crippen LogP contribution in [0, 0.1) is 11.8 Å². The Labute approximate surface area is 70.4 Å². The second kappa shape index (κ2) is 4.76. The Kier molecular flexibility index (Phi) is 3.92. The second-order valence-corrected chi connectivity index (χ2v) is 4.07. The van der Waals surface area contributed by atoms with Crippen LogP contribution in [0.4, 0.5) is 0 Å². The van der Waals surface area contributed by atoms with Crippen LogP contribution in [0.5, 0.6) is 0 Å². The highest BCUT2D eigenvalue weighted by molar-refractivity contribution is 4.68. The van der Waals surface area contributed by atoms with Gasteiger partial charge in [-0.25, -0.2) is 0 Å². The van der Waals surface area contributed by atoms with Crippen molar-refractivity contribution in [3.05, 3.63) is 0 Å². The monoisotopic (exact) mass is 155 g/mol. The Morgan fingerprint density at radius 1 is 1.36 bits per heavy atom. The van der Waals surface area contributed by atoms with E-state index in [1.807, 2.05) is 0 Å². The highest BCUT2D eigenvalue weighted by atomic mass is 14.5. The molecule has 1 heteroatoms. The molecule has 66 valence electrons. The van der Waals surface area contributed by atoms with Gasteiger partial charge in [0.05, 0.1) is 0 Å². The Balaban J connectivity index is 2.01. The van der Waals surface area contributed by atoms with Gasteiger partial charge in [0, 0.05) is 0 Å². The Hall–Kier alpha value is -0.0400. The number of hydrogen-bond acceptors (Lipinski definition) is 1. The molecule has 1 unspecified atom stereocenters. The first-order valence-corrected chi connectivity index (χ1v) is 5.03. The third-order valence-electron chi connectivity index (χ3n) is 2.94. The average Bonchev–Trinajstić information content (AvgIpc) is 2.52. The summed E-state index contributed by atoms with van der Waals surface area (Å²) in [5, 5.41) is 0. The zero-order valence-corrected chi connectivity index (χ0v) is 7.68. The summed E-state index contributed by atoms with van der Waals surface area (Å²) in [5.41, 5.74) is 5.56. The van der Waals surface area contributed by atoms with Crippen molar-refractivity contribution in [2.45, 2.75) is 45.4 Å². The van der Waals surface area contributed by atoms with Crippen molar-refractivity contribution in [3.8, 4) is 0 Å². The zero-order valence-electron chi connectivity index (χ0n) is 7.68. The lowest BCUT2D eigenvalue weighted by Crippen LogP contribution is -2.11. The van der Waals surface area contributed by atoms with E-state index in [1.54, 1.807) is 0 Å². The second-order valence-electron chi connectivity index (χ2n) is 4.07. The van der Waals surface area contributed by atoms with E-state index in [-0.39, 0.29) is 0 Å². The molecule has 1 nitrogen and oxygen atoms in total. The first kappa shape index (κ1) is 9.05. The molecule has 0 aromatic carbocycles. The Morgan fingerprint density at radius 2 is 2.00 bits per heavy atom. The molecule has 1 aliphatic rings. The minimum Gasteiger partial charge on any atom is -0.330 e. The van der Waals surface area contributed by atoms with Crippen LogP contribution in [-0.2, 0) is 0 Å². The van der Waals surface area contributed by atoms with Crippen molar-refractivity contribution >= 4 is 0 Å². The van der Waals surface area contributed by atoms with Gasteiger partial charge in [0.2, 0.25) is 0 Å². The quantitative estimate of drug-likeness (QED) is 0.663. The molecule has 0 saturated heterocycles. The van der Waals surface area contributed by atoms with Crippen LogP contribution in [-0.4, -0.2) is 6.54 Å². The van der Waals surface area contributed by atoms with Crippen LogP contribution in [0.15, 0.2) is 0 Å². The summed E-state index contributed by atoms with van der Waals surface area (Å²) in [4.78, 5) is 0. The van der Waals surface area contributed by atoms with Crippen molar-refractivity contribution in [1.29, 1.82) is 0 Å². The van der Waals surface area contributed by atoms with E-state index in [0.717, 1.165) is 18.4 Å². The summed E-state index contributed by atoms with van der Waals surface area (Å²) >= 11 is 0. The molecule has 0 heterocycles. The summed E-state index contributed by atoms with van der Waals surface area (Å²) in [6.07, 6.45) is 8.69. The lowest BCUT2D eigenvalue weighted by Gasteiger charge is -2.11. The van der Waals surface area contributed by atoms with Crippen LogP contribution < -0.4 is 5.73 Å². The van der Waals surface area contributed by atoms with E-state index >= 15 is 0 Å². The predicted molar refractivity (Wildman–Crippen MR) is 49.4 cm³/mol. The number of hydrogen-bond donors (Lipinski definition) is 1. The fraction of sp³-hybridized carbons (Fsp3) is 1.00. The molecule has 0 aromatic heterocycles. The summed E-state index contributed by atoms with van der Waals surface area (Å²) in [7, 11) is 0. The fourth-order valence-corrected chi connectivity index (χ4v) is 1.94. The maximum atomic E-state index is 5.56. The third-order valence-corrected chi connectivity index (χ3v) is 2.94. The molecule has 1 aliphatic carbocycles. The molecular weight excluding hydrogens is 134 g/mol. The highest BCUT2D eigenvalue weighted by Crippen LogP contribution is 2.29. The van der Waals surface area contributed by atoms with Crippen molar-refractivity contribution in [2.75, 3.05) is 6.54 Å². The van der Waals surface area contributed by atoms with Crippen molar-refractivity contribution in [3.63, 3.8) is 0 Å². The summed E-state index contributed by atoms with van der Waals surface area (Å²) in [6, 6.07) is 0. The van der Waals surface area contributed by atoms with Gasteiger partial charge in [0.1, 0.15) is 0 Å². The highest BCUT2D eigenvalue weighted by Gasteiger charge is 2.15. The smallest absolute Gasteiger partial charge is 0.00515 e. The van der Waals surface area contributed by atoms with Crippen molar-refractivity contribution < 1.29 is 0 Å². The van der Waals surface area contributed by atoms with Gasteiger partial charge in [0.25, 0.3) is 0 Å². The molecule has 0 amide bonds. The molecule has 1 rings (SSSR count). The molecule has 0 bridgehead atoms. The van der Waals surface area contributed by atoms with Gasteiger partial charge in [-0.15, -0.1) is 0 Å². The summed E-state index contributed by atoms with van der Waals surface area (Å²) < 4.78 is 0. The lowest BCUT2D eigenvalue weighted by molar-refractivity contribution is 0.420. The van der Waals surface area contributed by atoms with Gasteiger partial charge >= 0.3 is 0 Å². The van der Waals surface area contributed by atoms with Gasteiger partial charge in [0.15, 0.2) is 0 Å². The maximum Gasteiger partial charge on any atom is -0.00515 e. The lowest BCUT2D eigenvalue weighted by atomic mass is 9.96. The van der Waals surface area contributed by atoms with Gasteiger partial charge in [-0.1, -0.05) is 39.0 Å². The molecule has 1 saturated carbocycles.